The predicted octanol–water partition coefficient (Wildman–Crippen LogP) is 0.712. The number of fused-ring (bicyclic) bond motifs is 1. The Morgan fingerprint density at radius 3 is 3.00 bits per heavy atom. The number of carbonyl (C=O) groups is 1. The van der Waals surface area contributed by atoms with Crippen molar-refractivity contribution in [1.82, 2.24) is 14.7 Å². The molecule has 0 aromatic carbocycles. The molecule has 3 atom stereocenters. The molecule has 1 aromatic heterocycles. The van der Waals surface area contributed by atoms with Crippen molar-refractivity contribution in [3.8, 4) is 0 Å². The van der Waals surface area contributed by atoms with E-state index in [1.807, 2.05) is 18.0 Å². The Balaban J connectivity index is 1.71. The minimum atomic E-state index is 0.108. The van der Waals surface area contributed by atoms with Crippen molar-refractivity contribution in [3.63, 3.8) is 0 Å². The first-order valence-electron chi connectivity index (χ1n) is 6.76. The largest absolute Gasteiger partial charge is 0.338 e. The third-order valence-electron chi connectivity index (χ3n) is 4.40. The summed E-state index contributed by atoms with van der Waals surface area (Å²) in [5, 5.41) is 4.16. The van der Waals surface area contributed by atoms with Gasteiger partial charge in [0.05, 0.1) is 11.8 Å². The maximum atomic E-state index is 12.3. The molecule has 18 heavy (non-hydrogen) atoms. The molecule has 1 saturated heterocycles. The molecule has 1 aromatic rings. The van der Waals surface area contributed by atoms with E-state index in [2.05, 4.69) is 5.10 Å². The lowest BCUT2D eigenvalue weighted by Gasteiger charge is -2.17. The summed E-state index contributed by atoms with van der Waals surface area (Å²) in [7, 11) is 0. The summed E-state index contributed by atoms with van der Waals surface area (Å²) < 4.78 is 1.79. The van der Waals surface area contributed by atoms with Crippen LogP contribution in [0.25, 0.3) is 0 Å². The molecule has 0 radical (unpaired) electrons. The quantitative estimate of drug-likeness (QED) is 0.838. The zero-order valence-electron chi connectivity index (χ0n) is 10.7. The minimum Gasteiger partial charge on any atom is -0.338 e. The maximum Gasteiger partial charge on any atom is 0.257 e. The van der Waals surface area contributed by atoms with Crippen LogP contribution < -0.4 is 5.73 Å². The lowest BCUT2D eigenvalue weighted by atomic mass is 9.98. The normalized spacial score (nSPS) is 30.8. The van der Waals surface area contributed by atoms with Gasteiger partial charge in [-0.25, -0.2) is 0 Å². The smallest absolute Gasteiger partial charge is 0.257 e. The summed E-state index contributed by atoms with van der Waals surface area (Å²) in [4.78, 5) is 14.3. The van der Waals surface area contributed by atoms with Crippen molar-refractivity contribution in [3.05, 3.63) is 18.0 Å². The first-order valence-corrected chi connectivity index (χ1v) is 6.76. The van der Waals surface area contributed by atoms with Crippen molar-refractivity contribution < 1.29 is 4.79 Å². The molecule has 2 heterocycles. The Labute approximate surface area is 107 Å². The van der Waals surface area contributed by atoms with E-state index in [1.54, 1.807) is 10.9 Å². The average molecular weight is 248 g/mol. The second-order valence-corrected chi connectivity index (χ2v) is 5.46. The van der Waals surface area contributed by atoms with E-state index in [1.165, 1.54) is 6.42 Å². The summed E-state index contributed by atoms with van der Waals surface area (Å²) in [6, 6.07) is 0.283. The van der Waals surface area contributed by atoms with Crippen molar-refractivity contribution in [2.24, 2.45) is 17.6 Å². The van der Waals surface area contributed by atoms with Gasteiger partial charge in [0, 0.05) is 31.9 Å². The molecule has 1 aliphatic carbocycles. The zero-order valence-corrected chi connectivity index (χ0v) is 10.7. The first kappa shape index (κ1) is 11.7. The van der Waals surface area contributed by atoms with Crippen LogP contribution in [0, 0.1) is 11.8 Å². The number of carbonyl (C=O) groups excluding carboxylic acids is 1. The van der Waals surface area contributed by atoms with Crippen LogP contribution in [0.2, 0.25) is 0 Å². The van der Waals surface area contributed by atoms with Crippen LogP contribution in [0.4, 0.5) is 0 Å². The fourth-order valence-corrected chi connectivity index (χ4v) is 3.30. The Morgan fingerprint density at radius 1 is 1.50 bits per heavy atom. The van der Waals surface area contributed by atoms with E-state index in [4.69, 9.17) is 5.73 Å². The SMILES string of the molecule is CCn1cc(C(=O)N2C[C@@H]3CC[C@@H](N)[C@@H]3C2)cn1. The fourth-order valence-electron chi connectivity index (χ4n) is 3.30. The van der Waals surface area contributed by atoms with E-state index < -0.39 is 0 Å². The molecule has 2 N–H and O–H groups in total. The Kier molecular flexibility index (Phi) is 2.86. The summed E-state index contributed by atoms with van der Waals surface area (Å²) in [6.07, 6.45) is 5.78. The molecule has 5 nitrogen and oxygen atoms in total. The highest BCUT2D eigenvalue weighted by Gasteiger charge is 2.42. The number of amides is 1. The van der Waals surface area contributed by atoms with E-state index in [-0.39, 0.29) is 11.9 Å². The molecular weight excluding hydrogens is 228 g/mol. The van der Waals surface area contributed by atoms with E-state index in [0.717, 1.165) is 26.1 Å². The predicted molar refractivity (Wildman–Crippen MR) is 68.0 cm³/mol. The molecule has 2 fully saturated rings. The van der Waals surface area contributed by atoms with Crippen LogP contribution in [0.3, 0.4) is 0 Å². The highest BCUT2D eigenvalue weighted by Crippen LogP contribution is 2.37. The molecule has 0 bridgehead atoms. The second-order valence-electron chi connectivity index (χ2n) is 5.46. The van der Waals surface area contributed by atoms with Gasteiger partial charge in [0.15, 0.2) is 0 Å². The number of aromatic nitrogens is 2. The van der Waals surface area contributed by atoms with Crippen LogP contribution in [0.5, 0.6) is 0 Å². The number of rotatable bonds is 2. The van der Waals surface area contributed by atoms with Gasteiger partial charge in [-0.2, -0.15) is 5.10 Å². The van der Waals surface area contributed by atoms with Gasteiger partial charge in [-0.15, -0.1) is 0 Å². The lowest BCUT2D eigenvalue weighted by molar-refractivity contribution is 0.0779. The first-order chi connectivity index (χ1) is 8.69. The highest BCUT2D eigenvalue weighted by atomic mass is 16.2. The molecule has 3 rings (SSSR count). The van der Waals surface area contributed by atoms with Crippen LogP contribution in [0.1, 0.15) is 30.1 Å². The topological polar surface area (TPSA) is 64.2 Å². The number of aryl methyl sites for hydroxylation is 1. The third kappa shape index (κ3) is 1.82. The van der Waals surface area contributed by atoms with Crippen molar-refractivity contribution >= 4 is 5.91 Å². The van der Waals surface area contributed by atoms with Gasteiger partial charge in [-0.1, -0.05) is 0 Å². The molecule has 98 valence electrons. The Morgan fingerprint density at radius 2 is 2.33 bits per heavy atom. The van der Waals surface area contributed by atoms with Gasteiger partial charge in [-0.3, -0.25) is 9.48 Å². The molecular formula is C13H20N4O. The molecule has 5 heteroatoms. The minimum absolute atomic E-state index is 0.108. The van der Waals surface area contributed by atoms with Crippen LogP contribution >= 0.6 is 0 Å². The van der Waals surface area contributed by atoms with Crippen LogP contribution in [-0.2, 0) is 6.54 Å². The van der Waals surface area contributed by atoms with Crippen LogP contribution in [0.15, 0.2) is 12.4 Å². The van der Waals surface area contributed by atoms with Gasteiger partial charge in [0.25, 0.3) is 5.91 Å². The van der Waals surface area contributed by atoms with Gasteiger partial charge in [0.1, 0.15) is 0 Å². The molecule has 0 spiro atoms. The molecule has 1 aliphatic heterocycles. The fraction of sp³-hybridized carbons (Fsp3) is 0.692. The van der Waals surface area contributed by atoms with Gasteiger partial charge in [0.2, 0.25) is 0 Å². The number of hydrogen-bond donors (Lipinski definition) is 1. The van der Waals surface area contributed by atoms with Gasteiger partial charge in [-0.05, 0) is 31.6 Å². The number of likely N-dealkylation sites (tertiary alicyclic amines) is 1. The average Bonchev–Trinajstić information content (AvgIpc) is 3.06. The van der Waals surface area contributed by atoms with Crippen LogP contribution in [-0.4, -0.2) is 39.7 Å². The molecule has 2 aliphatic rings. The van der Waals surface area contributed by atoms with E-state index in [9.17, 15) is 4.79 Å². The zero-order chi connectivity index (χ0) is 12.7. The van der Waals surface area contributed by atoms with Crippen molar-refractivity contribution in [2.45, 2.75) is 32.4 Å². The Bertz CT molecular complexity index is 456. The third-order valence-corrected chi connectivity index (χ3v) is 4.40. The van der Waals surface area contributed by atoms with Crippen molar-refractivity contribution in [2.75, 3.05) is 13.1 Å². The maximum absolute atomic E-state index is 12.3. The lowest BCUT2D eigenvalue weighted by Crippen LogP contribution is -2.33. The number of nitrogens with zero attached hydrogens (tertiary/aromatic N) is 3. The summed E-state index contributed by atoms with van der Waals surface area (Å²) in [6.45, 7) is 4.50. The Hall–Kier alpha value is -1.36. The second kappa shape index (κ2) is 4.39. The van der Waals surface area contributed by atoms with Gasteiger partial charge < -0.3 is 10.6 Å². The standard InChI is InChI=1S/C13H20N4O/c1-2-17-7-10(5-15-17)13(18)16-6-9-3-4-12(14)11(9)8-16/h5,7,9,11-12H,2-4,6,8,14H2,1H3/t9-,11+,12+/m0/s1. The van der Waals surface area contributed by atoms with Gasteiger partial charge >= 0.3 is 0 Å². The summed E-state index contributed by atoms with van der Waals surface area (Å²) in [5.74, 6) is 1.23. The van der Waals surface area contributed by atoms with E-state index in [0.29, 0.717) is 17.4 Å². The highest BCUT2D eigenvalue weighted by molar-refractivity contribution is 5.94. The summed E-state index contributed by atoms with van der Waals surface area (Å²) in [5.41, 5.74) is 6.79. The van der Waals surface area contributed by atoms with Crippen molar-refractivity contribution in [1.29, 1.82) is 0 Å². The molecule has 1 saturated carbocycles. The molecule has 0 unspecified atom stereocenters. The molecule has 1 amide bonds. The number of nitrogens with two attached hydrogens (primary N) is 1. The van der Waals surface area contributed by atoms with E-state index >= 15 is 0 Å². The summed E-state index contributed by atoms with van der Waals surface area (Å²) >= 11 is 0. The number of hydrogen-bond acceptors (Lipinski definition) is 3. The monoisotopic (exact) mass is 248 g/mol.